The monoisotopic (exact) mass is 645 g/mol. The number of anilines is 2. The number of amides is 3. The highest BCUT2D eigenvalue weighted by Crippen LogP contribution is 2.33. The molecule has 0 radical (unpaired) electrons. The standard InChI is InChI=1S/C37H31N3O6S/c1-24-7-9-25(10-8-24)32-18-14-29(46-32)22-31(40-36(42)26-5-3-2-4-6-26)37(43)39-27-11-15-30(16-12-27)47-23-35(41)38-28-13-17-33-34(21-28)45-20-19-44-33/h2-18,21-22H,19-20,23H2,1H3,(H,38,41)(H,39,43)(H,40,42). The fourth-order valence-corrected chi connectivity index (χ4v) is 5.39. The molecule has 6 rings (SSSR count). The number of benzene rings is 4. The van der Waals surface area contributed by atoms with Crippen molar-refractivity contribution >= 4 is 46.9 Å². The van der Waals surface area contributed by atoms with Crippen LogP contribution < -0.4 is 25.4 Å². The number of hydrogen-bond acceptors (Lipinski definition) is 7. The van der Waals surface area contributed by atoms with E-state index in [-0.39, 0.29) is 17.4 Å². The van der Waals surface area contributed by atoms with E-state index in [2.05, 4.69) is 16.0 Å². The Morgan fingerprint density at radius 1 is 0.766 bits per heavy atom. The number of aryl methyl sites for hydroxylation is 1. The second-order valence-corrected chi connectivity index (χ2v) is 11.7. The van der Waals surface area contributed by atoms with Gasteiger partial charge in [-0.25, -0.2) is 0 Å². The SMILES string of the molecule is Cc1ccc(-c2ccc(C=C(NC(=O)c3ccccc3)C(=O)Nc3ccc(SCC(=O)Nc4ccc5c(c4)OCCO5)cc3)o2)cc1. The predicted octanol–water partition coefficient (Wildman–Crippen LogP) is 7.17. The first-order chi connectivity index (χ1) is 22.9. The molecule has 236 valence electrons. The number of furan rings is 1. The highest BCUT2D eigenvalue weighted by molar-refractivity contribution is 8.00. The first-order valence-electron chi connectivity index (χ1n) is 14.9. The molecular formula is C37H31N3O6S. The number of thioether (sulfide) groups is 1. The summed E-state index contributed by atoms with van der Waals surface area (Å²) in [6.45, 7) is 2.98. The Morgan fingerprint density at radius 3 is 2.26 bits per heavy atom. The second kappa shape index (κ2) is 14.6. The molecule has 0 aliphatic carbocycles. The molecule has 1 aliphatic heterocycles. The first-order valence-corrected chi connectivity index (χ1v) is 15.9. The minimum absolute atomic E-state index is 0.0120. The van der Waals surface area contributed by atoms with E-state index in [4.69, 9.17) is 13.9 Å². The van der Waals surface area contributed by atoms with Crippen LogP contribution in [0.15, 0.2) is 124 Å². The van der Waals surface area contributed by atoms with Gasteiger partial charge in [0.25, 0.3) is 11.8 Å². The van der Waals surface area contributed by atoms with Crippen LogP contribution in [0.4, 0.5) is 11.4 Å². The van der Waals surface area contributed by atoms with Crippen LogP contribution in [-0.2, 0) is 9.59 Å². The molecule has 1 aromatic heterocycles. The van der Waals surface area contributed by atoms with E-state index in [1.165, 1.54) is 17.8 Å². The highest BCUT2D eigenvalue weighted by Gasteiger charge is 2.17. The molecular weight excluding hydrogens is 614 g/mol. The van der Waals surface area contributed by atoms with Crippen LogP contribution in [0.5, 0.6) is 11.5 Å². The minimum atomic E-state index is -0.526. The van der Waals surface area contributed by atoms with Crippen LogP contribution in [0.25, 0.3) is 17.4 Å². The molecule has 0 atom stereocenters. The number of ether oxygens (including phenoxy) is 2. The van der Waals surface area contributed by atoms with Gasteiger partial charge in [0.15, 0.2) is 11.5 Å². The van der Waals surface area contributed by atoms with Crippen molar-refractivity contribution in [1.29, 1.82) is 0 Å². The summed E-state index contributed by atoms with van der Waals surface area (Å²) < 4.78 is 17.1. The maximum atomic E-state index is 13.5. The molecule has 1 aliphatic rings. The zero-order valence-corrected chi connectivity index (χ0v) is 26.3. The fraction of sp³-hybridized carbons (Fsp3) is 0.108. The number of hydrogen-bond donors (Lipinski definition) is 3. The lowest BCUT2D eigenvalue weighted by molar-refractivity contribution is -0.114. The van der Waals surface area contributed by atoms with Crippen molar-refractivity contribution in [2.75, 3.05) is 29.6 Å². The van der Waals surface area contributed by atoms with Gasteiger partial charge >= 0.3 is 0 Å². The quantitative estimate of drug-likeness (QED) is 0.109. The molecule has 47 heavy (non-hydrogen) atoms. The average Bonchev–Trinajstić information content (AvgIpc) is 3.57. The Bertz CT molecular complexity index is 1920. The van der Waals surface area contributed by atoms with Gasteiger partial charge in [0.2, 0.25) is 5.91 Å². The molecule has 0 spiro atoms. The summed E-state index contributed by atoms with van der Waals surface area (Å²) >= 11 is 1.36. The van der Waals surface area contributed by atoms with E-state index in [9.17, 15) is 14.4 Å². The van der Waals surface area contributed by atoms with Crippen molar-refractivity contribution in [2.24, 2.45) is 0 Å². The maximum absolute atomic E-state index is 13.5. The Hall–Kier alpha value is -5.74. The zero-order chi connectivity index (χ0) is 32.6. The Morgan fingerprint density at radius 2 is 1.49 bits per heavy atom. The summed E-state index contributed by atoms with van der Waals surface area (Å²) in [4.78, 5) is 39.9. The van der Waals surface area contributed by atoms with Crippen molar-refractivity contribution in [3.63, 3.8) is 0 Å². The normalized spacial score (nSPS) is 12.2. The lowest BCUT2D eigenvalue weighted by atomic mass is 10.1. The van der Waals surface area contributed by atoms with Crippen LogP contribution in [-0.4, -0.2) is 36.7 Å². The molecule has 2 heterocycles. The molecule has 0 saturated heterocycles. The summed E-state index contributed by atoms with van der Waals surface area (Å²) in [5.41, 5.74) is 3.59. The molecule has 5 aromatic rings. The summed E-state index contributed by atoms with van der Waals surface area (Å²) in [6.07, 6.45) is 1.50. The van der Waals surface area contributed by atoms with Crippen molar-refractivity contribution in [2.45, 2.75) is 11.8 Å². The van der Waals surface area contributed by atoms with Crippen molar-refractivity contribution in [1.82, 2.24) is 5.32 Å². The van der Waals surface area contributed by atoms with Gasteiger partial charge in [-0.1, -0.05) is 48.0 Å². The van der Waals surface area contributed by atoms with E-state index in [0.29, 0.717) is 53.2 Å². The third-order valence-electron chi connectivity index (χ3n) is 7.09. The predicted molar refractivity (Wildman–Crippen MR) is 183 cm³/mol. The first kappa shape index (κ1) is 31.3. The van der Waals surface area contributed by atoms with E-state index in [1.54, 1.807) is 60.7 Å². The number of fused-ring (bicyclic) bond motifs is 1. The maximum Gasteiger partial charge on any atom is 0.272 e. The number of carbonyl (C=O) groups is 3. The summed E-state index contributed by atoms with van der Waals surface area (Å²) in [5, 5.41) is 8.44. The van der Waals surface area contributed by atoms with Gasteiger partial charge in [-0.3, -0.25) is 14.4 Å². The molecule has 0 bridgehead atoms. The van der Waals surface area contributed by atoms with Crippen LogP contribution in [0.1, 0.15) is 21.7 Å². The molecule has 3 N–H and O–H groups in total. The topological polar surface area (TPSA) is 119 Å². The van der Waals surface area contributed by atoms with Crippen LogP contribution in [0, 0.1) is 6.92 Å². The van der Waals surface area contributed by atoms with E-state index < -0.39 is 11.8 Å². The third kappa shape index (κ3) is 8.30. The lowest BCUT2D eigenvalue weighted by Crippen LogP contribution is -2.30. The van der Waals surface area contributed by atoms with Crippen molar-refractivity contribution < 1.29 is 28.3 Å². The van der Waals surface area contributed by atoms with Gasteiger partial charge in [0.1, 0.15) is 30.4 Å². The second-order valence-electron chi connectivity index (χ2n) is 10.6. The summed E-state index contributed by atoms with van der Waals surface area (Å²) in [5.74, 6) is 1.36. The number of rotatable bonds is 10. The smallest absolute Gasteiger partial charge is 0.272 e. The fourth-order valence-electron chi connectivity index (χ4n) is 4.69. The van der Waals surface area contributed by atoms with Crippen molar-refractivity contribution in [3.05, 3.63) is 132 Å². The summed E-state index contributed by atoms with van der Waals surface area (Å²) in [6, 6.07) is 32.5. The van der Waals surface area contributed by atoms with Gasteiger partial charge in [-0.2, -0.15) is 0 Å². The van der Waals surface area contributed by atoms with Gasteiger partial charge in [0.05, 0.1) is 5.75 Å². The summed E-state index contributed by atoms with van der Waals surface area (Å²) in [7, 11) is 0. The van der Waals surface area contributed by atoms with Gasteiger partial charge in [-0.05, 0) is 67.6 Å². The van der Waals surface area contributed by atoms with Gasteiger partial charge in [0, 0.05) is 39.5 Å². The Labute approximate surface area is 276 Å². The van der Waals surface area contributed by atoms with Gasteiger partial charge < -0.3 is 29.8 Å². The Kier molecular flexibility index (Phi) is 9.69. The molecule has 9 nitrogen and oxygen atoms in total. The van der Waals surface area contributed by atoms with E-state index in [1.807, 2.05) is 55.5 Å². The molecule has 0 saturated carbocycles. The molecule has 0 unspecified atom stereocenters. The van der Waals surface area contributed by atoms with Crippen LogP contribution in [0.2, 0.25) is 0 Å². The van der Waals surface area contributed by atoms with Crippen LogP contribution in [0.3, 0.4) is 0 Å². The molecule has 4 aromatic carbocycles. The Balaban J connectivity index is 1.10. The van der Waals surface area contributed by atoms with E-state index >= 15 is 0 Å². The molecule has 3 amide bonds. The lowest BCUT2D eigenvalue weighted by Gasteiger charge is -2.19. The zero-order valence-electron chi connectivity index (χ0n) is 25.4. The number of carbonyl (C=O) groups excluding carboxylic acids is 3. The van der Waals surface area contributed by atoms with Crippen LogP contribution >= 0.6 is 11.8 Å². The van der Waals surface area contributed by atoms with Crippen molar-refractivity contribution in [3.8, 4) is 22.8 Å². The highest BCUT2D eigenvalue weighted by atomic mass is 32.2. The average molecular weight is 646 g/mol. The molecule has 0 fully saturated rings. The third-order valence-corrected chi connectivity index (χ3v) is 8.10. The minimum Gasteiger partial charge on any atom is -0.486 e. The van der Waals surface area contributed by atoms with Gasteiger partial charge in [-0.15, -0.1) is 11.8 Å². The molecule has 10 heteroatoms. The van der Waals surface area contributed by atoms with E-state index in [0.717, 1.165) is 16.0 Å². The largest absolute Gasteiger partial charge is 0.486 e. The number of nitrogens with one attached hydrogen (secondary N) is 3.